The first kappa shape index (κ1) is 24.8. The molecule has 0 unspecified atom stereocenters. The van der Waals surface area contributed by atoms with E-state index in [2.05, 4.69) is 0 Å². The monoisotopic (exact) mass is 503 g/mol. The van der Waals surface area contributed by atoms with Crippen molar-refractivity contribution in [1.29, 1.82) is 0 Å². The summed E-state index contributed by atoms with van der Waals surface area (Å²) >= 11 is 0. The van der Waals surface area contributed by atoms with Crippen LogP contribution in [0.5, 0.6) is 5.75 Å². The Kier molecular flexibility index (Phi) is 6.98. The van der Waals surface area contributed by atoms with E-state index >= 15 is 0 Å². The highest BCUT2D eigenvalue weighted by Crippen LogP contribution is 2.28. The predicted molar refractivity (Wildman–Crippen MR) is 134 cm³/mol. The molecular formula is C28H22FNO5S. The van der Waals surface area contributed by atoms with Crippen LogP contribution >= 0.6 is 0 Å². The first-order chi connectivity index (χ1) is 17.1. The molecule has 0 N–H and O–H groups in total. The van der Waals surface area contributed by atoms with Crippen molar-refractivity contribution < 1.29 is 27.1 Å². The van der Waals surface area contributed by atoms with Crippen molar-refractivity contribution in [3.8, 4) is 5.75 Å². The largest absolute Gasteiger partial charge is 0.423 e. The second kappa shape index (κ2) is 10.1. The van der Waals surface area contributed by atoms with Crippen molar-refractivity contribution >= 4 is 27.6 Å². The molecule has 0 aliphatic rings. The molecule has 182 valence electrons. The lowest BCUT2D eigenvalue weighted by molar-refractivity contribution is 0.0734. The number of anilines is 1. The van der Waals surface area contributed by atoms with Gasteiger partial charge in [0.1, 0.15) is 11.6 Å². The van der Waals surface area contributed by atoms with Crippen LogP contribution in [-0.4, -0.2) is 20.3 Å². The predicted octanol–water partition coefficient (Wildman–Crippen LogP) is 5.70. The fourth-order valence-electron chi connectivity index (χ4n) is 3.40. The van der Waals surface area contributed by atoms with E-state index in [1.165, 1.54) is 36.4 Å². The summed E-state index contributed by atoms with van der Waals surface area (Å²) in [7, 11) is -4.40. The zero-order chi connectivity index (χ0) is 25.9. The van der Waals surface area contributed by atoms with Crippen molar-refractivity contribution in [1.82, 2.24) is 0 Å². The Balaban J connectivity index is 1.69. The number of carbonyl (C=O) groups excluding carboxylic acids is 2. The van der Waals surface area contributed by atoms with Crippen LogP contribution in [0.15, 0.2) is 102 Å². The zero-order valence-corrected chi connectivity index (χ0v) is 20.3. The number of hydrogen-bond acceptors (Lipinski definition) is 5. The number of aryl methyl sites for hydroxylation is 2. The van der Waals surface area contributed by atoms with E-state index in [-0.39, 0.29) is 21.9 Å². The number of carbonyl (C=O) groups is 2. The van der Waals surface area contributed by atoms with Gasteiger partial charge in [0.25, 0.3) is 15.9 Å². The molecule has 6 nitrogen and oxygen atoms in total. The van der Waals surface area contributed by atoms with Crippen molar-refractivity contribution in [3.63, 3.8) is 0 Å². The molecule has 0 radical (unpaired) electrons. The van der Waals surface area contributed by atoms with Crippen LogP contribution < -0.4 is 9.04 Å². The van der Waals surface area contributed by atoms with E-state index in [4.69, 9.17) is 4.74 Å². The van der Waals surface area contributed by atoms with E-state index in [1.807, 2.05) is 13.8 Å². The van der Waals surface area contributed by atoms with Gasteiger partial charge < -0.3 is 4.74 Å². The maximum atomic E-state index is 13.5. The number of benzene rings is 4. The van der Waals surface area contributed by atoms with Gasteiger partial charge in [0.05, 0.1) is 16.1 Å². The van der Waals surface area contributed by atoms with E-state index in [0.29, 0.717) is 9.87 Å². The molecule has 8 heteroatoms. The lowest BCUT2D eigenvalue weighted by atomic mass is 10.1. The topological polar surface area (TPSA) is 80.8 Å². The number of hydrogen-bond donors (Lipinski definition) is 0. The third-order valence-electron chi connectivity index (χ3n) is 5.40. The number of sulfonamides is 1. The molecule has 0 heterocycles. The van der Waals surface area contributed by atoms with Gasteiger partial charge in [-0.1, -0.05) is 35.4 Å². The smallest absolute Gasteiger partial charge is 0.343 e. The van der Waals surface area contributed by atoms with Gasteiger partial charge in [-0.2, -0.15) is 4.31 Å². The number of ether oxygens (including phenoxy) is 1. The van der Waals surface area contributed by atoms with Crippen LogP contribution in [0.4, 0.5) is 10.1 Å². The normalized spacial score (nSPS) is 11.1. The molecule has 0 aliphatic carbocycles. The molecule has 4 rings (SSSR count). The van der Waals surface area contributed by atoms with Gasteiger partial charge in [-0.15, -0.1) is 0 Å². The minimum atomic E-state index is -4.40. The van der Waals surface area contributed by atoms with Gasteiger partial charge in [0.2, 0.25) is 0 Å². The van der Waals surface area contributed by atoms with E-state index < -0.39 is 27.7 Å². The molecule has 0 saturated heterocycles. The quantitative estimate of drug-likeness (QED) is 0.249. The molecule has 0 spiro atoms. The Morgan fingerprint density at radius 1 is 0.694 bits per heavy atom. The fraction of sp³-hybridized carbons (Fsp3) is 0.0714. The molecule has 1 amide bonds. The minimum absolute atomic E-state index is 0.0278. The van der Waals surface area contributed by atoms with Crippen molar-refractivity contribution in [2.75, 3.05) is 4.31 Å². The molecule has 0 saturated carbocycles. The Hall–Kier alpha value is -4.30. The van der Waals surface area contributed by atoms with Gasteiger partial charge in [-0.25, -0.2) is 17.6 Å². The van der Waals surface area contributed by atoms with E-state index in [9.17, 15) is 22.4 Å². The number of halogens is 1. The SMILES string of the molecule is Cc1ccc(C(=O)Oc2ccc(N(C(=O)c3ccc(C)cc3)S(=O)(=O)c3ccc(F)cc3)cc2)cc1. The Bertz CT molecular complexity index is 1500. The van der Waals surface area contributed by atoms with Gasteiger partial charge in [-0.05, 0) is 86.6 Å². The highest BCUT2D eigenvalue weighted by atomic mass is 32.2. The van der Waals surface area contributed by atoms with Crippen molar-refractivity contribution in [2.24, 2.45) is 0 Å². The minimum Gasteiger partial charge on any atom is -0.423 e. The van der Waals surface area contributed by atoms with Crippen LogP contribution in [0.2, 0.25) is 0 Å². The van der Waals surface area contributed by atoms with Gasteiger partial charge in [-0.3, -0.25) is 4.79 Å². The van der Waals surface area contributed by atoms with Crippen LogP contribution in [0.25, 0.3) is 0 Å². The molecule has 0 bridgehead atoms. The second-order valence-electron chi connectivity index (χ2n) is 8.14. The summed E-state index contributed by atoms with van der Waals surface area (Å²) in [6, 6.07) is 23.1. The number of nitrogens with zero attached hydrogens (tertiary/aromatic N) is 1. The highest BCUT2D eigenvalue weighted by molar-refractivity contribution is 7.93. The molecule has 36 heavy (non-hydrogen) atoms. The average Bonchev–Trinajstić information content (AvgIpc) is 2.86. The fourth-order valence-corrected chi connectivity index (χ4v) is 4.81. The molecule has 0 fully saturated rings. The summed E-state index contributed by atoms with van der Waals surface area (Å²) < 4.78 is 46.5. The van der Waals surface area contributed by atoms with Gasteiger partial charge in [0, 0.05) is 5.56 Å². The van der Waals surface area contributed by atoms with E-state index in [0.717, 1.165) is 35.4 Å². The Morgan fingerprint density at radius 3 is 1.72 bits per heavy atom. The molecule has 4 aromatic rings. The number of rotatable bonds is 6. The summed E-state index contributed by atoms with van der Waals surface area (Å²) in [5, 5.41) is 0. The second-order valence-corrected chi connectivity index (χ2v) is 9.93. The van der Waals surface area contributed by atoms with E-state index in [1.54, 1.807) is 36.4 Å². The summed E-state index contributed by atoms with van der Waals surface area (Å²) in [5.74, 6) is -1.80. The molecular weight excluding hydrogens is 481 g/mol. The van der Waals surface area contributed by atoms with Crippen LogP contribution in [-0.2, 0) is 10.0 Å². The van der Waals surface area contributed by atoms with Crippen LogP contribution in [0.1, 0.15) is 31.8 Å². The Morgan fingerprint density at radius 2 is 1.19 bits per heavy atom. The zero-order valence-electron chi connectivity index (χ0n) is 19.5. The number of amides is 1. The summed E-state index contributed by atoms with van der Waals surface area (Å²) in [6.45, 7) is 3.75. The maximum absolute atomic E-state index is 13.5. The summed E-state index contributed by atoms with van der Waals surface area (Å²) in [5.41, 5.74) is 2.44. The summed E-state index contributed by atoms with van der Waals surface area (Å²) in [6.07, 6.45) is 0. The van der Waals surface area contributed by atoms with Crippen LogP contribution in [0.3, 0.4) is 0 Å². The Labute approximate surface area is 208 Å². The lowest BCUT2D eigenvalue weighted by Gasteiger charge is -2.23. The van der Waals surface area contributed by atoms with Gasteiger partial charge in [0.15, 0.2) is 0 Å². The van der Waals surface area contributed by atoms with Gasteiger partial charge >= 0.3 is 5.97 Å². The first-order valence-corrected chi connectivity index (χ1v) is 12.4. The molecule has 0 aromatic heterocycles. The third-order valence-corrected chi connectivity index (χ3v) is 7.13. The molecule has 4 aromatic carbocycles. The third kappa shape index (κ3) is 5.34. The highest BCUT2D eigenvalue weighted by Gasteiger charge is 2.32. The maximum Gasteiger partial charge on any atom is 0.343 e. The molecule has 0 atom stereocenters. The first-order valence-electron chi connectivity index (χ1n) is 11.0. The van der Waals surface area contributed by atoms with Crippen molar-refractivity contribution in [2.45, 2.75) is 18.7 Å². The molecule has 0 aliphatic heterocycles. The lowest BCUT2D eigenvalue weighted by Crippen LogP contribution is -2.37. The summed E-state index contributed by atoms with van der Waals surface area (Å²) in [4.78, 5) is 25.6. The average molecular weight is 504 g/mol. The van der Waals surface area contributed by atoms with Crippen LogP contribution in [0, 0.1) is 19.7 Å². The standard InChI is InChI=1S/C28H22FNO5S/c1-19-3-7-21(8-4-19)27(31)30(36(33,34)26-17-11-23(29)12-18-26)24-13-15-25(16-14-24)35-28(32)22-9-5-20(2)6-10-22/h3-18H,1-2H3. The number of esters is 1. The van der Waals surface area contributed by atoms with Crippen molar-refractivity contribution in [3.05, 3.63) is 125 Å².